The Morgan fingerprint density at radius 1 is 1.08 bits per heavy atom. The summed E-state index contributed by atoms with van der Waals surface area (Å²) in [7, 11) is 3.11. The van der Waals surface area contributed by atoms with Crippen molar-refractivity contribution < 1.29 is 19.0 Å². The molecule has 0 aliphatic carbocycles. The highest BCUT2D eigenvalue weighted by atomic mass is 32.1. The zero-order valence-electron chi connectivity index (χ0n) is 14.3. The van der Waals surface area contributed by atoms with Crippen molar-refractivity contribution in [3.8, 4) is 17.2 Å². The van der Waals surface area contributed by atoms with Crippen molar-refractivity contribution >= 4 is 28.9 Å². The van der Waals surface area contributed by atoms with E-state index in [0.29, 0.717) is 22.9 Å². The van der Waals surface area contributed by atoms with Crippen LogP contribution in [-0.2, 0) is 4.79 Å². The number of carbonyl (C=O) groups is 1. The molecule has 2 aromatic carbocycles. The molecule has 0 bridgehead atoms. The van der Waals surface area contributed by atoms with Crippen LogP contribution >= 0.6 is 12.2 Å². The predicted octanol–water partition coefficient (Wildman–Crippen LogP) is 2.90. The number of amides is 1. The van der Waals surface area contributed by atoms with Gasteiger partial charge in [0.2, 0.25) is 0 Å². The molecule has 0 unspecified atom stereocenters. The zero-order valence-corrected chi connectivity index (χ0v) is 15.1. The molecule has 0 aromatic heterocycles. The third-order valence-corrected chi connectivity index (χ3v) is 3.47. The summed E-state index contributed by atoms with van der Waals surface area (Å²) in [6.07, 6.45) is 0. The maximum absolute atomic E-state index is 12.0. The second-order valence-electron chi connectivity index (χ2n) is 5.17. The second-order valence-corrected chi connectivity index (χ2v) is 5.58. The van der Waals surface area contributed by atoms with Crippen LogP contribution in [0.3, 0.4) is 0 Å². The number of benzene rings is 2. The number of hydrogen-bond acceptors (Lipinski definition) is 5. The summed E-state index contributed by atoms with van der Waals surface area (Å²) in [5.41, 5.74) is 1.65. The summed E-state index contributed by atoms with van der Waals surface area (Å²) < 4.78 is 15.9. The van der Waals surface area contributed by atoms with E-state index >= 15 is 0 Å². The number of nitrogens with one attached hydrogen (secondary N) is 2. The van der Waals surface area contributed by atoms with Gasteiger partial charge in [0, 0.05) is 6.07 Å². The quantitative estimate of drug-likeness (QED) is 0.772. The van der Waals surface area contributed by atoms with Crippen LogP contribution < -0.4 is 24.8 Å². The summed E-state index contributed by atoms with van der Waals surface area (Å²) in [5, 5.41) is 5.62. The van der Waals surface area contributed by atoms with Gasteiger partial charge in [0.25, 0.3) is 5.91 Å². The molecule has 132 valence electrons. The second kappa shape index (κ2) is 8.89. The minimum atomic E-state index is -0.360. The molecular weight excluding hydrogens is 340 g/mol. The topological polar surface area (TPSA) is 68.8 Å². The first-order chi connectivity index (χ1) is 12.0. The number of carbonyl (C=O) groups excluding carboxylic acids is 1. The number of ether oxygens (including phenoxy) is 3. The summed E-state index contributed by atoms with van der Waals surface area (Å²) in [5.74, 6) is 1.48. The molecule has 0 saturated heterocycles. The fourth-order valence-electron chi connectivity index (χ4n) is 2.08. The van der Waals surface area contributed by atoms with Crippen molar-refractivity contribution in [1.29, 1.82) is 0 Å². The first kappa shape index (κ1) is 18.5. The lowest BCUT2D eigenvalue weighted by Crippen LogP contribution is -2.37. The Hall–Kier alpha value is -2.80. The fourth-order valence-corrected chi connectivity index (χ4v) is 2.31. The standard InChI is InChI=1S/C18H20N2O4S/c1-12-5-4-6-14(9-12)24-11-17(21)20-18(25)19-15-10-13(22-2)7-8-16(15)23-3/h4-10H,11H2,1-3H3,(H2,19,20,21,25). The average Bonchev–Trinajstić information content (AvgIpc) is 2.60. The number of rotatable bonds is 6. The van der Waals surface area contributed by atoms with Gasteiger partial charge >= 0.3 is 0 Å². The van der Waals surface area contributed by atoms with Crippen molar-refractivity contribution in [2.24, 2.45) is 0 Å². The monoisotopic (exact) mass is 360 g/mol. The van der Waals surface area contributed by atoms with Gasteiger partial charge in [-0.05, 0) is 49.0 Å². The van der Waals surface area contributed by atoms with E-state index in [1.165, 1.54) is 0 Å². The van der Waals surface area contributed by atoms with Gasteiger partial charge in [-0.25, -0.2) is 0 Å². The average molecular weight is 360 g/mol. The third kappa shape index (κ3) is 5.65. The predicted molar refractivity (Wildman–Crippen MR) is 101 cm³/mol. The van der Waals surface area contributed by atoms with Crippen LogP contribution in [0, 0.1) is 6.92 Å². The van der Waals surface area contributed by atoms with E-state index < -0.39 is 0 Å². The van der Waals surface area contributed by atoms with Gasteiger partial charge in [0.1, 0.15) is 17.2 Å². The molecule has 2 aromatic rings. The highest BCUT2D eigenvalue weighted by Gasteiger charge is 2.10. The maximum Gasteiger partial charge on any atom is 0.264 e. The smallest absolute Gasteiger partial charge is 0.264 e. The van der Waals surface area contributed by atoms with E-state index in [-0.39, 0.29) is 17.6 Å². The molecular formula is C18H20N2O4S. The molecule has 0 atom stereocenters. The molecule has 0 spiro atoms. The van der Waals surface area contributed by atoms with Crippen molar-refractivity contribution in [3.05, 3.63) is 48.0 Å². The Balaban J connectivity index is 1.90. The van der Waals surface area contributed by atoms with Crippen LogP contribution in [0.4, 0.5) is 5.69 Å². The summed E-state index contributed by atoms with van der Waals surface area (Å²) >= 11 is 5.16. The van der Waals surface area contributed by atoms with E-state index in [0.717, 1.165) is 5.56 Å². The van der Waals surface area contributed by atoms with Gasteiger partial charge in [-0.15, -0.1) is 0 Å². The number of anilines is 1. The summed E-state index contributed by atoms with van der Waals surface area (Å²) in [6.45, 7) is 1.81. The Morgan fingerprint density at radius 3 is 2.56 bits per heavy atom. The lowest BCUT2D eigenvalue weighted by molar-refractivity contribution is -0.121. The molecule has 0 fully saturated rings. The zero-order chi connectivity index (χ0) is 18.2. The SMILES string of the molecule is COc1ccc(OC)c(NC(=S)NC(=O)COc2cccc(C)c2)c1. The van der Waals surface area contributed by atoms with Gasteiger partial charge in [0.15, 0.2) is 11.7 Å². The summed E-state index contributed by atoms with van der Waals surface area (Å²) in [6, 6.07) is 12.7. The van der Waals surface area contributed by atoms with Gasteiger partial charge in [0.05, 0.1) is 19.9 Å². The maximum atomic E-state index is 12.0. The van der Waals surface area contributed by atoms with Gasteiger partial charge < -0.3 is 19.5 Å². The number of thiocarbonyl (C=S) groups is 1. The van der Waals surface area contributed by atoms with Crippen LogP contribution in [0.15, 0.2) is 42.5 Å². The third-order valence-electron chi connectivity index (χ3n) is 3.27. The molecule has 0 aliphatic heterocycles. The van der Waals surface area contributed by atoms with Crippen molar-refractivity contribution in [2.75, 3.05) is 26.1 Å². The number of methoxy groups -OCH3 is 2. The lowest BCUT2D eigenvalue weighted by atomic mass is 10.2. The van der Waals surface area contributed by atoms with Gasteiger partial charge in [-0.1, -0.05) is 12.1 Å². The highest BCUT2D eigenvalue weighted by Crippen LogP contribution is 2.28. The first-order valence-electron chi connectivity index (χ1n) is 7.54. The fraction of sp³-hybridized carbons (Fsp3) is 0.222. The molecule has 0 aliphatic rings. The molecule has 25 heavy (non-hydrogen) atoms. The van der Waals surface area contributed by atoms with E-state index in [2.05, 4.69) is 10.6 Å². The molecule has 0 saturated carbocycles. The van der Waals surface area contributed by atoms with Crippen molar-refractivity contribution in [1.82, 2.24) is 5.32 Å². The van der Waals surface area contributed by atoms with Gasteiger partial charge in [-0.2, -0.15) is 0 Å². The Bertz CT molecular complexity index is 764. The highest BCUT2D eigenvalue weighted by molar-refractivity contribution is 7.80. The van der Waals surface area contributed by atoms with E-state index in [1.807, 2.05) is 25.1 Å². The van der Waals surface area contributed by atoms with Crippen LogP contribution in [0.25, 0.3) is 0 Å². The van der Waals surface area contributed by atoms with Crippen LogP contribution in [0.1, 0.15) is 5.56 Å². The molecule has 6 nitrogen and oxygen atoms in total. The summed E-state index contributed by atoms with van der Waals surface area (Å²) in [4.78, 5) is 12.0. The Labute approximate surface area is 152 Å². The molecule has 1 amide bonds. The van der Waals surface area contributed by atoms with Crippen LogP contribution in [0.2, 0.25) is 0 Å². The van der Waals surface area contributed by atoms with Crippen molar-refractivity contribution in [3.63, 3.8) is 0 Å². The molecule has 0 radical (unpaired) electrons. The molecule has 0 heterocycles. The van der Waals surface area contributed by atoms with E-state index in [9.17, 15) is 4.79 Å². The minimum Gasteiger partial charge on any atom is -0.497 e. The van der Waals surface area contributed by atoms with E-state index in [4.69, 9.17) is 26.4 Å². The minimum absolute atomic E-state index is 0.138. The van der Waals surface area contributed by atoms with E-state index in [1.54, 1.807) is 38.5 Å². The van der Waals surface area contributed by atoms with Crippen LogP contribution in [-0.4, -0.2) is 31.8 Å². The Kier molecular flexibility index (Phi) is 6.59. The first-order valence-corrected chi connectivity index (χ1v) is 7.95. The molecule has 7 heteroatoms. The molecule has 2 rings (SSSR count). The number of aryl methyl sites for hydroxylation is 1. The van der Waals surface area contributed by atoms with Crippen molar-refractivity contribution in [2.45, 2.75) is 6.92 Å². The van der Waals surface area contributed by atoms with Crippen LogP contribution in [0.5, 0.6) is 17.2 Å². The van der Waals surface area contributed by atoms with Gasteiger partial charge in [-0.3, -0.25) is 10.1 Å². The largest absolute Gasteiger partial charge is 0.497 e. The molecule has 2 N–H and O–H groups in total. The number of hydrogen-bond donors (Lipinski definition) is 2. The normalized spacial score (nSPS) is 9.88. The lowest BCUT2D eigenvalue weighted by Gasteiger charge is -2.14. The Morgan fingerprint density at radius 2 is 1.88 bits per heavy atom.